The van der Waals surface area contributed by atoms with Gasteiger partial charge in [-0.15, -0.1) is 0 Å². The number of carbonyl (C=O) groups excluding carboxylic acids is 1. The van der Waals surface area contributed by atoms with Gasteiger partial charge in [-0.25, -0.2) is 4.79 Å². The lowest BCUT2D eigenvalue weighted by Crippen LogP contribution is -2.09. The van der Waals surface area contributed by atoms with Crippen LogP contribution >= 0.6 is 0 Å². The van der Waals surface area contributed by atoms with Crippen LogP contribution in [0.2, 0.25) is 0 Å². The number of rotatable bonds is 3. The molecule has 0 radical (unpaired) electrons. The number of hydrogen-bond acceptors (Lipinski definition) is 4. The van der Waals surface area contributed by atoms with Crippen LogP contribution in [0.4, 0.5) is 0 Å². The standard InChI is InChI=1S/C9H8O6S/c1-5(10)7-3-2-6(9(11)12)4-8(7)16(13,14)15/h2-4H,1H3,(H,11,12)(H,13,14,15). The van der Waals surface area contributed by atoms with Crippen molar-refractivity contribution in [3.63, 3.8) is 0 Å². The molecule has 0 spiro atoms. The van der Waals surface area contributed by atoms with Gasteiger partial charge in [0.2, 0.25) is 0 Å². The molecule has 0 amide bonds. The summed E-state index contributed by atoms with van der Waals surface area (Å²) in [6.45, 7) is 1.12. The van der Waals surface area contributed by atoms with Crippen molar-refractivity contribution in [1.29, 1.82) is 0 Å². The van der Waals surface area contributed by atoms with Crippen LogP contribution in [0.5, 0.6) is 0 Å². The van der Waals surface area contributed by atoms with Gasteiger partial charge in [0.05, 0.1) is 5.56 Å². The van der Waals surface area contributed by atoms with Crippen molar-refractivity contribution in [2.24, 2.45) is 0 Å². The first kappa shape index (κ1) is 12.3. The molecule has 0 heterocycles. The highest BCUT2D eigenvalue weighted by molar-refractivity contribution is 7.86. The largest absolute Gasteiger partial charge is 0.478 e. The lowest BCUT2D eigenvalue weighted by molar-refractivity contribution is 0.0696. The predicted molar refractivity (Wildman–Crippen MR) is 53.2 cm³/mol. The van der Waals surface area contributed by atoms with Gasteiger partial charge in [-0.3, -0.25) is 9.35 Å². The number of hydrogen-bond donors (Lipinski definition) is 2. The highest BCUT2D eigenvalue weighted by Gasteiger charge is 2.20. The van der Waals surface area contributed by atoms with Crippen LogP contribution in [-0.2, 0) is 10.1 Å². The molecule has 0 saturated carbocycles. The molecule has 0 saturated heterocycles. The molecule has 0 aliphatic carbocycles. The second kappa shape index (κ2) is 4.03. The van der Waals surface area contributed by atoms with E-state index in [2.05, 4.69) is 0 Å². The highest BCUT2D eigenvalue weighted by atomic mass is 32.2. The first-order valence-electron chi connectivity index (χ1n) is 4.09. The molecule has 0 aliphatic heterocycles. The van der Waals surface area contributed by atoms with E-state index in [1.807, 2.05) is 0 Å². The van der Waals surface area contributed by atoms with Crippen molar-refractivity contribution in [1.82, 2.24) is 0 Å². The Kier molecular flexibility index (Phi) is 3.11. The van der Waals surface area contributed by atoms with Crippen LogP contribution in [0.1, 0.15) is 27.6 Å². The third-order valence-electron chi connectivity index (χ3n) is 1.89. The first-order chi connectivity index (χ1) is 7.23. The first-order valence-corrected chi connectivity index (χ1v) is 5.53. The van der Waals surface area contributed by atoms with Crippen molar-refractivity contribution in [2.75, 3.05) is 0 Å². The van der Waals surface area contributed by atoms with E-state index < -0.39 is 26.8 Å². The normalized spacial score (nSPS) is 11.1. The quantitative estimate of drug-likeness (QED) is 0.602. The molecular formula is C9H8O6S. The summed E-state index contributed by atoms with van der Waals surface area (Å²) in [5.41, 5.74) is -0.565. The second-order valence-corrected chi connectivity index (χ2v) is 4.44. The zero-order valence-electron chi connectivity index (χ0n) is 8.17. The van der Waals surface area contributed by atoms with Crippen LogP contribution in [0.15, 0.2) is 23.1 Å². The average Bonchev–Trinajstić information content (AvgIpc) is 2.15. The lowest BCUT2D eigenvalue weighted by atomic mass is 10.1. The molecule has 0 aliphatic rings. The summed E-state index contributed by atoms with van der Waals surface area (Å²) >= 11 is 0. The van der Waals surface area contributed by atoms with Crippen LogP contribution in [0.3, 0.4) is 0 Å². The smallest absolute Gasteiger partial charge is 0.335 e. The van der Waals surface area contributed by atoms with E-state index in [4.69, 9.17) is 9.66 Å². The van der Waals surface area contributed by atoms with Crippen LogP contribution in [-0.4, -0.2) is 29.8 Å². The molecule has 0 bridgehead atoms. The summed E-state index contributed by atoms with van der Waals surface area (Å²) in [4.78, 5) is 21.0. The summed E-state index contributed by atoms with van der Waals surface area (Å²) in [7, 11) is -4.62. The minimum absolute atomic E-state index is 0.243. The molecule has 1 rings (SSSR count). The average molecular weight is 244 g/mol. The van der Waals surface area contributed by atoms with Gasteiger partial charge in [0, 0.05) is 5.56 Å². The Labute approximate surface area is 91.3 Å². The molecule has 0 fully saturated rings. The molecule has 16 heavy (non-hydrogen) atoms. The highest BCUT2D eigenvalue weighted by Crippen LogP contribution is 2.18. The summed E-state index contributed by atoms with van der Waals surface area (Å²) in [6, 6.07) is 2.89. The Morgan fingerprint density at radius 3 is 2.19 bits per heavy atom. The van der Waals surface area contributed by atoms with Crippen molar-refractivity contribution in [3.05, 3.63) is 29.3 Å². The van der Waals surface area contributed by atoms with Crippen molar-refractivity contribution in [3.8, 4) is 0 Å². The Morgan fingerprint density at radius 1 is 1.25 bits per heavy atom. The zero-order valence-corrected chi connectivity index (χ0v) is 8.98. The van der Waals surface area contributed by atoms with E-state index in [1.54, 1.807) is 0 Å². The number of carboxylic acid groups (broad SMARTS) is 1. The fourth-order valence-electron chi connectivity index (χ4n) is 1.16. The number of aromatic carboxylic acids is 1. The van der Waals surface area contributed by atoms with E-state index in [0.717, 1.165) is 25.1 Å². The van der Waals surface area contributed by atoms with Crippen molar-refractivity contribution >= 4 is 21.9 Å². The van der Waals surface area contributed by atoms with Gasteiger partial charge in [0.15, 0.2) is 5.78 Å². The molecule has 1 aromatic carbocycles. The molecule has 7 heteroatoms. The Hall–Kier alpha value is -1.73. The minimum atomic E-state index is -4.62. The van der Waals surface area contributed by atoms with E-state index in [-0.39, 0.29) is 11.1 Å². The Morgan fingerprint density at radius 2 is 1.81 bits per heavy atom. The van der Waals surface area contributed by atoms with E-state index >= 15 is 0 Å². The van der Waals surface area contributed by atoms with Gasteiger partial charge in [-0.1, -0.05) is 0 Å². The monoisotopic (exact) mass is 244 g/mol. The number of carbonyl (C=O) groups is 2. The molecule has 86 valence electrons. The summed E-state index contributed by atoms with van der Waals surface area (Å²) in [5, 5.41) is 8.64. The molecule has 0 aromatic heterocycles. The van der Waals surface area contributed by atoms with Gasteiger partial charge in [-0.2, -0.15) is 8.42 Å². The van der Waals surface area contributed by atoms with Gasteiger partial charge in [0.1, 0.15) is 4.90 Å². The predicted octanol–water partition coefficient (Wildman–Crippen LogP) is 0.834. The number of benzene rings is 1. The molecule has 0 unspecified atom stereocenters. The Bertz CT molecular complexity index is 557. The molecule has 0 atom stereocenters. The molecule has 1 aromatic rings. The molecule has 2 N–H and O–H groups in total. The third kappa shape index (κ3) is 2.44. The maximum Gasteiger partial charge on any atom is 0.335 e. The number of carboxylic acids is 1. The minimum Gasteiger partial charge on any atom is -0.478 e. The van der Waals surface area contributed by atoms with Crippen molar-refractivity contribution < 1.29 is 27.7 Å². The summed E-state index contributed by atoms with van der Waals surface area (Å²) < 4.78 is 30.7. The van der Waals surface area contributed by atoms with Gasteiger partial charge >= 0.3 is 5.97 Å². The zero-order chi connectivity index (χ0) is 12.5. The SMILES string of the molecule is CC(=O)c1ccc(C(=O)O)cc1S(=O)(=O)O. The maximum atomic E-state index is 11.1. The second-order valence-electron chi connectivity index (χ2n) is 3.05. The fourth-order valence-corrected chi connectivity index (χ4v) is 1.93. The van der Waals surface area contributed by atoms with E-state index in [1.165, 1.54) is 0 Å². The van der Waals surface area contributed by atoms with Gasteiger partial charge < -0.3 is 5.11 Å². The third-order valence-corrected chi connectivity index (χ3v) is 2.78. The fraction of sp³-hybridized carbons (Fsp3) is 0.111. The van der Waals surface area contributed by atoms with Gasteiger partial charge in [0.25, 0.3) is 10.1 Å². The van der Waals surface area contributed by atoms with Crippen LogP contribution in [0, 0.1) is 0 Å². The molecular weight excluding hydrogens is 236 g/mol. The maximum absolute atomic E-state index is 11.1. The number of Topliss-reactive ketones (excluding diaryl/α,β-unsaturated/α-hetero) is 1. The lowest BCUT2D eigenvalue weighted by Gasteiger charge is -2.04. The van der Waals surface area contributed by atoms with Crippen LogP contribution in [0.25, 0.3) is 0 Å². The van der Waals surface area contributed by atoms with Crippen LogP contribution < -0.4 is 0 Å². The summed E-state index contributed by atoms with van der Waals surface area (Å²) in [6.07, 6.45) is 0. The topological polar surface area (TPSA) is 109 Å². The van der Waals surface area contributed by atoms with E-state index in [0.29, 0.717) is 0 Å². The van der Waals surface area contributed by atoms with Gasteiger partial charge in [-0.05, 0) is 25.1 Å². The summed E-state index contributed by atoms with van der Waals surface area (Å²) in [5.74, 6) is -1.93. The van der Waals surface area contributed by atoms with Crippen molar-refractivity contribution in [2.45, 2.75) is 11.8 Å². The molecule has 6 nitrogen and oxygen atoms in total. The number of ketones is 1. The Balaban J connectivity index is 3.58. The van der Waals surface area contributed by atoms with E-state index in [9.17, 15) is 18.0 Å².